The highest BCUT2D eigenvalue weighted by atomic mass is 16.6. The van der Waals surface area contributed by atoms with E-state index in [0.717, 1.165) is 32.1 Å². The Hall–Kier alpha value is -3.16. The van der Waals surface area contributed by atoms with Crippen molar-refractivity contribution in [2.24, 2.45) is 0 Å². The first kappa shape index (κ1) is 20.9. The van der Waals surface area contributed by atoms with Crippen molar-refractivity contribution in [2.75, 3.05) is 7.11 Å². The number of hydrogen-bond acceptors (Lipinski definition) is 7. The van der Waals surface area contributed by atoms with Gasteiger partial charge in [0, 0.05) is 20.4 Å². The number of carbonyl (C=O) groups is 4. The van der Waals surface area contributed by atoms with Gasteiger partial charge in [0.2, 0.25) is 12.2 Å². The van der Waals surface area contributed by atoms with Gasteiger partial charge < -0.3 is 19.5 Å². The third kappa shape index (κ3) is 6.39. The molecule has 0 aromatic heterocycles. The summed E-state index contributed by atoms with van der Waals surface area (Å²) < 4.78 is 14.2. The number of ether oxygens (including phenoxy) is 3. The SMILES string of the molecule is C=Cc1ccc(CNC(=O)[C@H](OC(C)=O)[C@@H](OC(C)=O)C(=O)OC)cc1. The maximum atomic E-state index is 12.4. The molecule has 0 aliphatic rings. The number of esters is 3. The van der Waals surface area contributed by atoms with E-state index in [0.29, 0.717) is 0 Å². The highest BCUT2D eigenvalue weighted by Gasteiger charge is 2.40. The zero-order valence-electron chi connectivity index (χ0n) is 14.8. The Morgan fingerprint density at radius 1 is 1.04 bits per heavy atom. The normalized spacial score (nSPS) is 12.3. The molecular weight excluding hydrogens is 342 g/mol. The average molecular weight is 363 g/mol. The highest BCUT2D eigenvalue weighted by molar-refractivity contribution is 5.91. The first-order valence-electron chi connectivity index (χ1n) is 7.69. The van der Waals surface area contributed by atoms with E-state index in [1.165, 1.54) is 0 Å². The van der Waals surface area contributed by atoms with Gasteiger partial charge in [-0.15, -0.1) is 0 Å². The van der Waals surface area contributed by atoms with E-state index in [1.807, 2.05) is 12.1 Å². The lowest BCUT2D eigenvalue weighted by molar-refractivity contribution is -0.182. The van der Waals surface area contributed by atoms with E-state index in [1.54, 1.807) is 18.2 Å². The van der Waals surface area contributed by atoms with Gasteiger partial charge in [-0.25, -0.2) is 4.79 Å². The summed E-state index contributed by atoms with van der Waals surface area (Å²) in [4.78, 5) is 46.8. The van der Waals surface area contributed by atoms with Crippen molar-refractivity contribution < 1.29 is 33.4 Å². The van der Waals surface area contributed by atoms with Gasteiger partial charge in [0.05, 0.1) is 7.11 Å². The van der Waals surface area contributed by atoms with Crippen LogP contribution in [-0.2, 0) is 39.9 Å². The number of carbonyl (C=O) groups excluding carboxylic acids is 4. The van der Waals surface area contributed by atoms with Crippen LogP contribution in [-0.4, -0.2) is 43.1 Å². The smallest absolute Gasteiger partial charge is 0.351 e. The lowest BCUT2D eigenvalue weighted by atomic mass is 10.1. The maximum Gasteiger partial charge on any atom is 0.351 e. The summed E-state index contributed by atoms with van der Waals surface area (Å²) in [5.74, 6) is -3.46. The molecule has 8 nitrogen and oxygen atoms in total. The van der Waals surface area contributed by atoms with E-state index in [4.69, 9.17) is 9.47 Å². The molecule has 26 heavy (non-hydrogen) atoms. The summed E-state index contributed by atoms with van der Waals surface area (Å²) >= 11 is 0. The molecule has 0 saturated carbocycles. The van der Waals surface area contributed by atoms with E-state index < -0.39 is 36.0 Å². The largest absolute Gasteiger partial charge is 0.466 e. The van der Waals surface area contributed by atoms with Crippen LogP contribution >= 0.6 is 0 Å². The molecular formula is C18H21NO7. The Morgan fingerprint density at radius 2 is 1.58 bits per heavy atom. The molecule has 0 spiro atoms. The van der Waals surface area contributed by atoms with Crippen molar-refractivity contribution in [1.29, 1.82) is 0 Å². The van der Waals surface area contributed by atoms with Crippen LogP contribution in [0.3, 0.4) is 0 Å². The molecule has 0 radical (unpaired) electrons. The van der Waals surface area contributed by atoms with Crippen molar-refractivity contribution >= 4 is 29.9 Å². The molecule has 0 unspecified atom stereocenters. The molecule has 0 saturated heterocycles. The molecule has 0 fully saturated rings. The van der Waals surface area contributed by atoms with E-state index in [2.05, 4.69) is 16.6 Å². The number of benzene rings is 1. The molecule has 2 atom stereocenters. The first-order valence-corrected chi connectivity index (χ1v) is 7.69. The van der Waals surface area contributed by atoms with E-state index in [9.17, 15) is 19.2 Å². The third-order valence-corrected chi connectivity index (χ3v) is 3.23. The number of amides is 1. The molecule has 0 bridgehead atoms. The monoisotopic (exact) mass is 363 g/mol. The lowest BCUT2D eigenvalue weighted by Crippen LogP contribution is -2.50. The Bertz CT molecular complexity index is 681. The molecule has 140 valence electrons. The minimum Gasteiger partial charge on any atom is -0.466 e. The van der Waals surface area contributed by atoms with Crippen molar-refractivity contribution in [3.63, 3.8) is 0 Å². The summed E-state index contributed by atoms with van der Waals surface area (Å²) in [6.07, 6.45) is -1.69. The van der Waals surface area contributed by atoms with Gasteiger partial charge in [0.25, 0.3) is 5.91 Å². The number of nitrogens with one attached hydrogen (secondary N) is 1. The Kier molecular flexibility index (Phi) is 8.01. The summed E-state index contributed by atoms with van der Waals surface area (Å²) in [6, 6.07) is 7.19. The van der Waals surface area contributed by atoms with Crippen LogP contribution in [0, 0.1) is 0 Å². The third-order valence-electron chi connectivity index (χ3n) is 3.23. The molecule has 0 heterocycles. The zero-order valence-corrected chi connectivity index (χ0v) is 14.8. The van der Waals surface area contributed by atoms with Crippen LogP contribution in [0.4, 0.5) is 0 Å². The van der Waals surface area contributed by atoms with Gasteiger partial charge in [0.15, 0.2) is 0 Å². The fourth-order valence-corrected chi connectivity index (χ4v) is 2.02. The van der Waals surface area contributed by atoms with Crippen molar-refractivity contribution in [2.45, 2.75) is 32.6 Å². The van der Waals surface area contributed by atoms with Crippen LogP contribution in [0.15, 0.2) is 30.8 Å². The molecule has 8 heteroatoms. The van der Waals surface area contributed by atoms with Gasteiger partial charge in [-0.05, 0) is 11.1 Å². The molecule has 1 amide bonds. The quantitative estimate of drug-likeness (QED) is 0.542. The predicted octanol–water partition coefficient (Wildman–Crippen LogP) is 0.982. The van der Waals surface area contributed by atoms with Gasteiger partial charge in [-0.1, -0.05) is 36.9 Å². The van der Waals surface area contributed by atoms with Gasteiger partial charge >= 0.3 is 17.9 Å². The Balaban J connectivity index is 2.91. The lowest BCUT2D eigenvalue weighted by Gasteiger charge is -2.23. The van der Waals surface area contributed by atoms with Crippen LogP contribution < -0.4 is 5.32 Å². The number of hydrogen-bond donors (Lipinski definition) is 1. The second-order valence-corrected chi connectivity index (χ2v) is 5.25. The van der Waals surface area contributed by atoms with Crippen molar-refractivity contribution in [1.82, 2.24) is 5.32 Å². The van der Waals surface area contributed by atoms with Gasteiger partial charge in [-0.3, -0.25) is 14.4 Å². The molecule has 0 aliphatic carbocycles. The minimum atomic E-state index is -1.70. The fraction of sp³-hybridized carbons (Fsp3) is 0.333. The topological polar surface area (TPSA) is 108 Å². The summed E-state index contributed by atoms with van der Waals surface area (Å²) in [6.45, 7) is 5.88. The maximum absolute atomic E-state index is 12.4. The van der Waals surface area contributed by atoms with Crippen LogP contribution in [0.1, 0.15) is 25.0 Å². The highest BCUT2D eigenvalue weighted by Crippen LogP contribution is 2.10. The van der Waals surface area contributed by atoms with E-state index >= 15 is 0 Å². The molecule has 1 aromatic rings. The van der Waals surface area contributed by atoms with E-state index in [-0.39, 0.29) is 6.54 Å². The van der Waals surface area contributed by atoms with Crippen LogP contribution in [0.5, 0.6) is 0 Å². The average Bonchev–Trinajstić information content (AvgIpc) is 2.61. The summed E-state index contributed by atoms with van der Waals surface area (Å²) in [5, 5.41) is 2.53. The second-order valence-electron chi connectivity index (χ2n) is 5.25. The molecule has 0 aliphatic heterocycles. The van der Waals surface area contributed by atoms with Crippen LogP contribution in [0.2, 0.25) is 0 Å². The Labute approximate surface area is 151 Å². The van der Waals surface area contributed by atoms with Gasteiger partial charge in [-0.2, -0.15) is 0 Å². The van der Waals surface area contributed by atoms with Crippen molar-refractivity contribution in [3.05, 3.63) is 42.0 Å². The zero-order chi connectivity index (χ0) is 19.7. The molecule has 1 aromatic carbocycles. The summed E-state index contributed by atoms with van der Waals surface area (Å²) in [7, 11) is 1.06. The van der Waals surface area contributed by atoms with Gasteiger partial charge in [0.1, 0.15) is 0 Å². The fourth-order valence-electron chi connectivity index (χ4n) is 2.02. The standard InChI is InChI=1S/C18H21NO7/c1-5-13-6-8-14(9-7-13)10-19-17(22)15(25-11(2)20)16(18(23)24-4)26-12(3)21/h5-9,15-16H,1,10H2,2-4H3,(H,19,22)/t15-,16-/m1/s1. The Morgan fingerprint density at radius 3 is 2.04 bits per heavy atom. The number of methoxy groups -OCH3 is 1. The predicted molar refractivity (Wildman–Crippen MR) is 91.5 cm³/mol. The van der Waals surface area contributed by atoms with Crippen molar-refractivity contribution in [3.8, 4) is 0 Å². The van der Waals surface area contributed by atoms with Crippen LogP contribution in [0.25, 0.3) is 6.08 Å². The first-order chi connectivity index (χ1) is 12.3. The molecule has 1 N–H and O–H groups in total. The second kappa shape index (κ2) is 9.97. The minimum absolute atomic E-state index is 0.113. The number of rotatable bonds is 8. The summed E-state index contributed by atoms with van der Waals surface area (Å²) in [5.41, 5.74) is 1.69. The molecule has 1 rings (SSSR count).